The van der Waals surface area contributed by atoms with Gasteiger partial charge in [-0.15, -0.1) is 0 Å². The maximum absolute atomic E-state index is 12.0. The van der Waals surface area contributed by atoms with Crippen LogP contribution >= 0.6 is 0 Å². The number of aliphatic hydroxyl groups is 1. The molecule has 0 saturated carbocycles. The SMILES string of the molecule is CC(Cc1ccc(C(C)C)cc1)NC(=O)N[C@@H]1C=C[C@H](CO)C1. The molecule has 3 N–H and O–H groups in total. The number of carbonyl (C=O) groups excluding carboxylic acids is 1. The average molecular weight is 316 g/mol. The molecule has 1 aliphatic carbocycles. The summed E-state index contributed by atoms with van der Waals surface area (Å²) in [4.78, 5) is 12.0. The van der Waals surface area contributed by atoms with E-state index in [1.165, 1.54) is 11.1 Å². The molecule has 23 heavy (non-hydrogen) atoms. The molecule has 0 bridgehead atoms. The van der Waals surface area contributed by atoms with E-state index in [0.29, 0.717) is 5.92 Å². The molecule has 1 unspecified atom stereocenters. The van der Waals surface area contributed by atoms with Crippen LogP contribution in [0.5, 0.6) is 0 Å². The van der Waals surface area contributed by atoms with Crippen molar-refractivity contribution in [1.82, 2.24) is 10.6 Å². The molecular formula is C19H28N2O2. The molecule has 1 aromatic rings. The van der Waals surface area contributed by atoms with Gasteiger partial charge in [-0.05, 0) is 36.8 Å². The largest absolute Gasteiger partial charge is 0.396 e. The summed E-state index contributed by atoms with van der Waals surface area (Å²) < 4.78 is 0. The Kier molecular flexibility index (Phi) is 6.22. The Labute approximate surface area is 139 Å². The van der Waals surface area contributed by atoms with Crippen molar-refractivity contribution >= 4 is 6.03 Å². The molecule has 2 amide bonds. The van der Waals surface area contributed by atoms with E-state index in [-0.39, 0.29) is 30.6 Å². The minimum absolute atomic E-state index is 0.0182. The van der Waals surface area contributed by atoms with Crippen LogP contribution in [0.25, 0.3) is 0 Å². The minimum atomic E-state index is -0.149. The molecule has 0 aliphatic heterocycles. The molecule has 4 nitrogen and oxygen atoms in total. The monoisotopic (exact) mass is 316 g/mol. The second-order valence-electron chi connectivity index (χ2n) is 6.79. The summed E-state index contributed by atoms with van der Waals surface area (Å²) in [7, 11) is 0. The van der Waals surface area contributed by atoms with Crippen LogP contribution in [0, 0.1) is 5.92 Å². The normalized spacial score (nSPS) is 21.4. The summed E-state index contributed by atoms with van der Waals surface area (Å²) in [6.07, 6.45) is 5.50. The van der Waals surface area contributed by atoms with Gasteiger partial charge in [0.15, 0.2) is 0 Å². The number of carbonyl (C=O) groups is 1. The van der Waals surface area contributed by atoms with Gasteiger partial charge in [-0.2, -0.15) is 0 Å². The topological polar surface area (TPSA) is 61.4 Å². The van der Waals surface area contributed by atoms with E-state index in [0.717, 1.165) is 12.8 Å². The molecule has 4 heteroatoms. The fraction of sp³-hybridized carbons (Fsp3) is 0.526. The van der Waals surface area contributed by atoms with E-state index in [1.807, 2.05) is 19.1 Å². The summed E-state index contributed by atoms with van der Waals surface area (Å²) in [5.74, 6) is 0.699. The van der Waals surface area contributed by atoms with Crippen LogP contribution in [-0.2, 0) is 6.42 Å². The van der Waals surface area contributed by atoms with E-state index in [4.69, 9.17) is 5.11 Å². The second-order valence-corrected chi connectivity index (χ2v) is 6.79. The highest BCUT2D eigenvalue weighted by molar-refractivity contribution is 5.74. The summed E-state index contributed by atoms with van der Waals surface area (Å²) in [5, 5.41) is 15.0. The first kappa shape index (κ1) is 17.5. The third-order valence-corrected chi connectivity index (χ3v) is 4.29. The smallest absolute Gasteiger partial charge is 0.315 e. The zero-order valence-electron chi connectivity index (χ0n) is 14.3. The third kappa shape index (κ3) is 5.39. The number of urea groups is 1. The number of hydrogen-bond donors (Lipinski definition) is 3. The van der Waals surface area contributed by atoms with Crippen LogP contribution in [0.3, 0.4) is 0 Å². The molecule has 1 aromatic carbocycles. The molecule has 0 radical (unpaired) electrons. The lowest BCUT2D eigenvalue weighted by atomic mass is 9.99. The second kappa shape index (κ2) is 8.16. The van der Waals surface area contributed by atoms with Gasteiger partial charge in [-0.3, -0.25) is 0 Å². The van der Waals surface area contributed by atoms with Gasteiger partial charge in [0.2, 0.25) is 0 Å². The Morgan fingerprint density at radius 3 is 2.48 bits per heavy atom. The van der Waals surface area contributed by atoms with E-state index >= 15 is 0 Å². The zero-order chi connectivity index (χ0) is 16.8. The van der Waals surface area contributed by atoms with E-state index in [1.54, 1.807) is 0 Å². The van der Waals surface area contributed by atoms with Crippen molar-refractivity contribution in [2.24, 2.45) is 5.92 Å². The molecule has 0 fully saturated rings. The van der Waals surface area contributed by atoms with Crippen LogP contribution in [0.1, 0.15) is 44.2 Å². The Bertz CT molecular complexity index is 537. The van der Waals surface area contributed by atoms with E-state index < -0.39 is 0 Å². The number of aliphatic hydroxyl groups excluding tert-OH is 1. The van der Waals surface area contributed by atoms with Crippen molar-refractivity contribution in [3.05, 3.63) is 47.5 Å². The Balaban J connectivity index is 1.76. The lowest BCUT2D eigenvalue weighted by molar-refractivity contribution is 0.229. The van der Waals surface area contributed by atoms with Gasteiger partial charge in [-0.25, -0.2) is 4.79 Å². The third-order valence-electron chi connectivity index (χ3n) is 4.29. The van der Waals surface area contributed by atoms with Gasteiger partial charge in [0.1, 0.15) is 0 Å². The van der Waals surface area contributed by atoms with Crippen LogP contribution in [0.4, 0.5) is 4.79 Å². The number of nitrogens with one attached hydrogen (secondary N) is 2. The Morgan fingerprint density at radius 1 is 1.22 bits per heavy atom. The highest BCUT2D eigenvalue weighted by Crippen LogP contribution is 2.17. The lowest BCUT2D eigenvalue weighted by Crippen LogP contribution is -2.45. The van der Waals surface area contributed by atoms with Gasteiger partial charge < -0.3 is 15.7 Å². The molecule has 0 spiro atoms. The maximum Gasteiger partial charge on any atom is 0.315 e. The van der Waals surface area contributed by atoms with Crippen molar-refractivity contribution in [3.63, 3.8) is 0 Å². The maximum atomic E-state index is 12.0. The van der Waals surface area contributed by atoms with Gasteiger partial charge >= 0.3 is 6.03 Å². The van der Waals surface area contributed by atoms with Gasteiger partial charge in [0.25, 0.3) is 0 Å². The van der Waals surface area contributed by atoms with Crippen molar-refractivity contribution in [2.45, 2.75) is 51.6 Å². The quantitative estimate of drug-likeness (QED) is 0.707. The van der Waals surface area contributed by atoms with Crippen LogP contribution < -0.4 is 10.6 Å². The van der Waals surface area contributed by atoms with Crippen molar-refractivity contribution in [1.29, 1.82) is 0 Å². The molecule has 2 rings (SSSR count). The van der Waals surface area contributed by atoms with Crippen LogP contribution in [0.15, 0.2) is 36.4 Å². The fourth-order valence-corrected chi connectivity index (χ4v) is 2.89. The first-order chi connectivity index (χ1) is 11.0. The van der Waals surface area contributed by atoms with Gasteiger partial charge in [-0.1, -0.05) is 50.3 Å². The average Bonchev–Trinajstić information content (AvgIpc) is 2.95. The first-order valence-electron chi connectivity index (χ1n) is 8.43. The zero-order valence-corrected chi connectivity index (χ0v) is 14.3. The van der Waals surface area contributed by atoms with Crippen LogP contribution in [-0.4, -0.2) is 29.8 Å². The molecule has 0 saturated heterocycles. The first-order valence-corrected chi connectivity index (χ1v) is 8.43. The molecule has 126 valence electrons. The predicted molar refractivity (Wildman–Crippen MR) is 93.5 cm³/mol. The lowest BCUT2D eigenvalue weighted by Gasteiger charge is -2.18. The summed E-state index contributed by atoms with van der Waals surface area (Å²) in [5.41, 5.74) is 2.56. The highest BCUT2D eigenvalue weighted by Gasteiger charge is 2.20. The summed E-state index contributed by atoms with van der Waals surface area (Å²) in [6.45, 7) is 6.51. The summed E-state index contributed by atoms with van der Waals surface area (Å²) >= 11 is 0. The minimum Gasteiger partial charge on any atom is -0.396 e. The van der Waals surface area contributed by atoms with Crippen molar-refractivity contribution < 1.29 is 9.90 Å². The fourth-order valence-electron chi connectivity index (χ4n) is 2.89. The number of amides is 2. The van der Waals surface area contributed by atoms with Gasteiger partial charge in [0, 0.05) is 24.6 Å². The van der Waals surface area contributed by atoms with Crippen molar-refractivity contribution in [3.8, 4) is 0 Å². The summed E-state index contributed by atoms with van der Waals surface area (Å²) in [6, 6.07) is 8.53. The Hall–Kier alpha value is -1.81. The molecular weight excluding hydrogens is 288 g/mol. The number of hydrogen-bond acceptors (Lipinski definition) is 2. The molecule has 0 heterocycles. The standard InChI is InChI=1S/C19H28N2O2/c1-13(2)17-7-4-15(5-8-17)10-14(3)20-19(23)21-18-9-6-16(11-18)12-22/h4-9,13-14,16,18,22H,10-12H2,1-3H3,(H2,20,21,23)/t14?,16-,18+/m0/s1. The number of rotatable bonds is 6. The molecule has 1 aliphatic rings. The van der Waals surface area contributed by atoms with E-state index in [2.05, 4.69) is 48.7 Å². The number of benzene rings is 1. The molecule has 3 atom stereocenters. The van der Waals surface area contributed by atoms with Gasteiger partial charge in [0.05, 0.1) is 0 Å². The van der Waals surface area contributed by atoms with Crippen molar-refractivity contribution in [2.75, 3.05) is 6.61 Å². The predicted octanol–water partition coefficient (Wildman–Crippen LogP) is 2.98. The van der Waals surface area contributed by atoms with E-state index in [9.17, 15) is 4.79 Å². The van der Waals surface area contributed by atoms with Crippen LogP contribution in [0.2, 0.25) is 0 Å². The molecule has 0 aromatic heterocycles. The Morgan fingerprint density at radius 2 is 1.91 bits per heavy atom. The highest BCUT2D eigenvalue weighted by atomic mass is 16.3.